The van der Waals surface area contributed by atoms with Gasteiger partial charge in [0.2, 0.25) is 0 Å². The molecule has 0 bridgehead atoms. The maximum atomic E-state index is 6.45. The molecule has 1 heterocycles. The van der Waals surface area contributed by atoms with Crippen LogP contribution in [-0.4, -0.2) is 11.2 Å². The Balaban J connectivity index is 3.18. The molecule has 0 atom stereocenters. The minimum atomic E-state index is -0.00380. The van der Waals surface area contributed by atoms with Gasteiger partial charge >= 0.3 is 0 Å². The maximum absolute atomic E-state index is 6.45. The van der Waals surface area contributed by atoms with Gasteiger partial charge in [0, 0.05) is 22.3 Å². The summed E-state index contributed by atoms with van der Waals surface area (Å²) in [6, 6.07) is 2.01. The predicted molar refractivity (Wildman–Crippen MR) is 89.0 cm³/mol. The van der Waals surface area contributed by atoms with E-state index in [1.165, 1.54) is 0 Å². The summed E-state index contributed by atoms with van der Waals surface area (Å²) in [6.45, 7) is 11.2. The zero-order chi connectivity index (χ0) is 15.2. The van der Waals surface area contributed by atoms with Crippen LogP contribution in [0.1, 0.15) is 58.0 Å². The summed E-state index contributed by atoms with van der Waals surface area (Å²) in [7, 11) is 0. The molecule has 0 aliphatic heterocycles. The highest BCUT2D eigenvalue weighted by molar-refractivity contribution is 6.31. The number of rotatable bonds is 5. The first kappa shape index (κ1) is 16.9. The van der Waals surface area contributed by atoms with Gasteiger partial charge in [-0.3, -0.25) is 9.98 Å². The van der Waals surface area contributed by atoms with Crippen LogP contribution in [0.25, 0.3) is 0 Å². The van der Waals surface area contributed by atoms with Crippen molar-refractivity contribution in [2.45, 2.75) is 59.4 Å². The number of pyridine rings is 1. The van der Waals surface area contributed by atoms with Crippen molar-refractivity contribution in [3.8, 4) is 0 Å². The Morgan fingerprint density at radius 2 is 2.05 bits per heavy atom. The summed E-state index contributed by atoms with van der Waals surface area (Å²) in [5.74, 6) is 0. The van der Waals surface area contributed by atoms with Crippen LogP contribution in [0.3, 0.4) is 0 Å². The molecule has 1 aromatic rings. The lowest BCUT2D eigenvalue weighted by atomic mass is 9.90. The zero-order valence-corrected chi connectivity index (χ0v) is 14.0. The summed E-state index contributed by atoms with van der Waals surface area (Å²) in [4.78, 5) is 9.20. The van der Waals surface area contributed by atoms with Gasteiger partial charge in [-0.05, 0) is 31.1 Å². The molecule has 3 heteroatoms. The second-order valence-corrected chi connectivity index (χ2v) is 6.34. The van der Waals surface area contributed by atoms with Gasteiger partial charge in [-0.2, -0.15) is 0 Å². The van der Waals surface area contributed by atoms with Crippen LogP contribution in [0, 0.1) is 0 Å². The van der Waals surface area contributed by atoms with Crippen molar-refractivity contribution in [3.63, 3.8) is 0 Å². The van der Waals surface area contributed by atoms with Crippen LogP contribution in [0.4, 0.5) is 0 Å². The van der Waals surface area contributed by atoms with Crippen LogP contribution >= 0.6 is 11.6 Å². The number of nitrogens with zero attached hydrogens (tertiary/aromatic N) is 2. The van der Waals surface area contributed by atoms with Gasteiger partial charge in [0.1, 0.15) is 0 Å². The Hall–Kier alpha value is -1.15. The van der Waals surface area contributed by atoms with Crippen molar-refractivity contribution in [1.29, 1.82) is 0 Å². The first-order valence-electron chi connectivity index (χ1n) is 7.20. The average molecular weight is 293 g/mol. The maximum Gasteiger partial charge on any atom is 0.0815 e. The van der Waals surface area contributed by atoms with Crippen LogP contribution in [0.2, 0.25) is 5.02 Å². The van der Waals surface area contributed by atoms with Gasteiger partial charge in [0.05, 0.1) is 12.2 Å². The highest BCUT2D eigenvalue weighted by atomic mass is 35.5. The molecule has 0 N–H and O–H groups in total. The lowest BCUT2D eigenvalue weighted by Crippen LogP contribution is -2.16. The predicted octanol–water partition coefficient (Wildman–Crippen LogP) is 5.13. The quantitative estimate of drug-likeness (QED) is 0.691. The zero-order valence-electron chi connectivity index (χ0n) is 13.2. The highest BCUT2D eigenvalue weighted by Gasteiger charge is 2.19. The molecule has 110 valence electrons. The molecule has 0 aliphatic rings. The second kappa shape index (κ2) is 7.58. The van der Waals surface area contributed by atoms with Crippen molar-refractivity contribution < 1.29 is 0 Å². The molecule has 20 heavy (non-hydrogen) atoms. The van der Waals surface area contributed by atoms with Crippen LogP contribution in [-0.2, 0) is 18.4 Å². The van der Waals surface area contributed by atoms with E-state index in [2.05, 4.69) is 32.7 Å². The fourth-order valence-corrected chi connectivity index (χ4v) is 2.21. The normalized spacial score (nSPS) is 12.7. The Morgan fingerprint density at radius 1 is 1.35 bits per heavy atom. The molecule has 0 fully saturated rings. The number of allylic oxidation sites excluding steroid dienone is 2. The highest BCUT2D eigenvalue weighted by Crippen LogP contribution is 2.28. The molecule has 0 aromatic carbocycles. The van der Waals surface area contributed by atoms with Gasteiger partial charge in [-0.15, -0.1) is 0 Å². The third-order valence-electron chi connectivity index (χ3n) is 3.05. The van der Waals surface area contributed by atoms with E-state index in [0.717, 1.165) is 34.8 Å². The third kappa shape index (κ3) is 4.75. The Labute approximate surface area is 128 Å². The molecule has 1 aromatic heterocycles. The van der Waals surface area contributed by atoms with Crippen molar-refractivity contribution in [1.82, 2.24) is 4.98 Å². The topological polar surface area (TPSA) is 25.2 Å². The Kier molecular flexibility index (Phi) is 6.41. The number of hydrogen-bond donors (Lipinski definition) is 0. The van der Waals surface area contributed by atoms with Gasteiger partial charge in [0.25, 0.3) is 0 Å². The van der Waals surface area contributed by atoms with Crippen LogP contribution in [0.5, 0.6) is 0 Å². The molecular weight excluding hydrogens is 268 g/mol. The first-order chi connectivity index (χ1) is 9.40. The largest absolute Gasteiger partial charge is 0.287 e. The summed E-state index contributed by atoms with van der Waals surface area (Å²) >= 11 is 6.45. The SMILES string of the molecule is C/C=C\C=N/Cc1nc(C(C)(C)C)cc(Cl)c1CCC. The van der Waals surface area contributed by atoms with Crippen LogP contribution in [0.15, 0.2) is 23.2 Å². The van der Waals surface area contributed by atoms with E-state index >= 15 is 0 Å². The Morgan fingerprint density at radius 3 is 2.60 bits per heavy atom. The van der Waals surface area contributed by atoms with E-state index in [9.17, 15) is 0 Å². The molecule has 0 spiro atoms. The summed E-state index contributed by atoms with van der Waals surface area (Å²) in [5.41, 5.74) is 3.17. The van der Waals surface area contributed by atoms with Gasteiger partial charge in [-0.1, -0.05) is 51.8 Å². The number of aromatic nitrogens is 1. The molecule has 2 nitrogen and oxygen atoms in total. The Bertz CT molecular complexity index is 496. The lowest BCUT2D eigenvalue weighted by molar-refractivity contribution is 0.564. The number of aliphatic imine (C=N–C) groups is 1. The van der Waals surface area contributed by atoms with Crippen molar-refractivity contribution in [3.05, 3.63) is 40.2 Å². The van der Waals surface area contributed by atoms with Gasteiger partial charge < -0.3 is 0 Å². The molecule has 0 unspecified atom stereocenters. The van der Waals surface area contributed by atoms with E-state index in [4.69, 9.17) is 16.6 Å². The summed E-state index contributed by atoms with van der Waals surface area (Å²) < 4.78 is 0. The fraction of sp³-hybridized carbons (Fsp3) is 0.529. The third-order valence-corrected chi connectivity index (χ3v) is 3.39. The molecule has 1 rings (SSSR count). The van der Waals surface area contributed by atoms with Crippen LogP contribution < -0.4 is 0 Å². The van der Waals surface area contributed by atoms with Crippen molar-refractivity contribution >= 4 is 17.8 Å². The minimum absolute atomic E-state index is 0.00380. The number of hydrogen-bond acceptors (Lipinski definition) is 2. The van der Waals surface area contributed by atoms with E-state index in [0.29, 0.717) is 6.54 Å². The van der Waals surface area contributed by atoms with Gasteiger partial charge in [-0.25, -0.2) is 0 Å². The molecule has 0 radical (unpaired) electrons. The van der Waals surface area contributed by atoms with E-state index in [1.54, 1.807) is 0 Å². The van der Waals surface area contributed by atoms with E-state index in [-0.39, 0.29) is 5.41 Å². The standard InChI is InChI=1S/C17H25ClN2/c1-6-8-10-19-12-15-13(9-7-2)14(18)11-16(20-15)17(3,4)5/h6,8,10-11H,7,9,12H2,1-5H3/b8-6-,19-10-. The van der Waals surface area contributed by atoms with Crippen molar-refractivity contribution in [2.24, 2.45) is 4.99 Å². The molecule has 0 amide bonds. The average Bonchev–Trinajstić information content (AvgIpc) is 2.36. The van der Waals surface area contributed by atoms with Gasteiger partial charge in [0.15, 0.2) is 0 Å². The fourth-order valence-electron chi connectivity index (χ4n) is 1.90. The second-order valence-electron chi connectivity index (χ2n) is 5.93. The molecular formula is C17H25ClN2. The van der Waals surface area contributed by atoms with Crippen molar-refractivity contribution in [2.75, 3.05) is 0 Å². The first-order valence-corrected chi connectivity index (χ1v) is 7.57. The lowest BCUT2D eigenvalue weighted by Gasteiger charge is -2.20. The summed E-state index contributed by atoms with van der Waals surface area (Å²) in [6.07, 6.45) is 7.71. The smallest absolute Gasteiger partial charge is 0.0815 e. The van der Waals surface area contributed by atoms with E-state index < -0.39 is 0 Å². The summed E-state index contributed by atoms with van der Waals surface area (Å²) in [5, 5.41) is 0.822. The monoisotopic (exact) mass is 292 g/mol. The number of halogens is 1. The molecule has 0 aliphatic carbocycles. The molecule has 0 saturated carbocycles. The molecule has 0 saturated heterocycles. The van der Waals surface area contributed by atoms with E-state index in [1.807, 2.05) is 31.4 Å². The minimum Gasteiger partial charge on any atom is -0.287 e.